The number of hydrogen-bond donors (Lipinski definition) is 1. The SMILES string of the molecule is O=C(NC1CCN(c2ncnc3ccc(F)cc23)CC1)c1ccsc1. The normalized spacial score (nSPS) is 15.5. The molecular formula is C18H17FN4OS. The molecule has 1 amide bonds. The Hall–Kier alpha value is -2.54. The van der Waals surface area contributed by atoms with Gasteiger partial charge < -0.3 is 10.2 Å². The molecule has 128 valence electrons. The van der Waals surface area contributed by atoms with E-state index in [1.165, 1.54) is 29.8 Å². The van der Waals surface area contributed by atoms with E-state index in [4.69, 9.17) is 0 Å². The Morgan fingerprint density at radius 2 is 2.08 bits per heavy atom. The number of carbonyl (C=O) groups excluding carboxylic acids is 1. The average molecular weight is 356 g/mol. The van der Waals surface area contributed by atoms with Crippen molar-refractivity contribution in [2.45, 2.75) is 18.9 Å². The third-order valence-electron chi connectivity index (χ3n) is 4.49. The summed E-state index contributed by atoms with van der Waals surface area (Å²) < 4.78 is 13.6. The molecule has 1 aromatic carbocycles. The summed E-state index contributed by atoms with van der Waals surface area (Å²) in [5, 5.41) is 7.57. The van der Waals surface area contributed by atoms with Crippen LogP contribution in [0, 0.1) is 5.82 Å². The van der Waals surface area contributed by atoms with E-state index < -0.39 is 0 Å². The second kappa shape index (κ2) is 6.76. The van der Waals surface area contributed by atoms with Crippen LogP contribution < -0.4 is 10.2 Å². The predicted molar refractivity (Wildman–Crippen MR) is 96.5 cm³/mol. The maximum absolute atomic E-state index is 13.6. The Labute approximate surface area is 148 Å². The zero-order valence-corrected chi connectivity index (χ0v) is 14.3. The Balaban J connectivity index is 1.45. The zero-order valence-electron chi connectivity index (χ0n) is 13.5. The lowest BCUT2D eigenvalue weighted by molar-refractivity contribution is 0.0931. The predicted octanol–water partition coefficient (Wildman–Crippen LogP) is 3.23. The molecule has 1 N–H and O–H groups in total. The Morgan fingerprint density at radius 1 is 1.24 bits per heavy atom. The minimum absolute atomic E-state index is 0.0192. The summed E-state index contributed by atoms with van der Waals surface area (Å²) in [5.74, 6) is 0.447. The summed E-state index contributed by atoms with van der Waals surface area (Å²) in [6.45, 7) is 1.52. The number of benzene rings is 1. The Bertz CT molecular complexity index is 891. The van der Waals surface area contributed by atoms with E-state index in [2.05, 4.69) is 20.2 Å². The van der Waals surface area contributed by atoms with Crippen molar-refractivity contribution in [3.8, 4) is 0 Å². The molecule has 7 heteroatoms. The number of hydrogen-bond acceptors (Lipinski definition) is 5. The fourth-order valence-electron chi connectivity index (χ4n) is 3.17. The van der Waals surface area contributed by atoms with E-state index in [1.54, 1.807) is 6.07 Å². The van der Waals surface area contributed by atoms with Crippen LogP contribution in [0.2, 0.25) is 0 Å². The van der Waals surface area contributed by atoms with E-state index in [9.17, 15) is 9.18 Å². The molecule has 0 saturated carbocycles. The van der Waals surface area contributed by atoms with Crippen molar-refractivity contribution in [3.05, 3.63) is 52.7 Å². The van der Waals surface area contributed by atoms with Gasteiger partial charge in [-0.1, -0.05) is 0 Å². The highest BCUT2D eigenvalue weighted by atomic mass is 32.1. The van der Waals surface area contributed by atoms with Crippen LogP contribution in [0.4, 0.5) is 10.2 Å². The van der Waals surface area contributed by atoms with E-state index in [-0.39, 0.29) is 17.8 Å². The van der Waals surface area contributed by atoms with Gasteiger partial charge in [0.15, 0.2) is 0 Å². The number of rotatable bonds is 3. The first-order chi connectivity index (χ1) is 12.2. The first kappa shape index (κ1) is 16.0. The van der Waals surface area contributed by atoms with Gasteiger partial charge in [0.2, 0.25) is 0 Å². The monoisotopic (exact) mass is 356 g/mol. The summed E-state index contributed by atoms with van der Waals surface area (Å²) in [6, 6.07) is 6.54. The largest absolute Gasteiger partial charge is 0.356 e. The molecule has 0 bridgehead atoms. The highest BCUT2D eigenvalue weighted by Crippen LogP contribution is 2.26. The van der Waals surface area contributed by atoms with Crippen molar-refractivity contribution >= 4 is 34.0 Å². The second-order valence-corrected chi connectivity index (χ2v) is 6.89. The van der Waals surface area contributed by atoms with E-state index in [1.807, 2.05) is 16.8 Å². The van der Waals surface area contributed by atoms with Crippen LogP contribution in [0.15, 0.2) is 41.4 Å². The minimum atomic E-state index is -0.290. The van der Waals surface area contributed by atoms with Gasteiger partial charge >= 0.3 is 0 Å². The fraction of sp³-hybridized carbons (Fsp3) is 0.278. The van der Waals surface area contributed by atoms with Gasteiger partial charge in [0, 0.05) is 35.5 Å². The number of carbonyl (C=O) groups is 1. The lowest BCUT2D eigenvalue weighted by Crippen LogP contribution is -2.45. The van der Waals surface area contributed by atoms with Gasteiger partial charge in [-0.15, -0.1) is 0 Å². The number of nitrogens with one attached hydrogen (secondary N) is 1. The highest BCUT2D eigenvalue weighted by Gasteiger charge is 2.23. The molecule has 5 nitrogen and oxygen atoms in total. The topological polar surface area (TPSA) is 58.1 Å². The summed E-state index contributed by atoms with van der Waals surface area (Å²) in [5.41, 5.74) is 1.45. The van der Waals surface area contributed by atoms with Gasteiger partial charge in [-0.2, -0.15) is 11.3 Å². The molecule has 2 aromatic heterocycles. The molecule has 3 heterocycles. The summed E-state index contributed by atoms with van der Waals surface area (Å²) >= 11 is 1.52. The molecule has 1 fully saturated rings. The number of piperidine rings is 1. The zero-order chi connectivity index (χ0) is 17.2. The fourth-order valence-corrected chi connectivity index (χ4v) is 3.80. The van der Waals surface area contributed by atoms with Crippen LogP contribution in [-0.4, -0.2) is 35.0 Å². The summed E-state index contributed by atoms with van der Waals surface area (Å²) in [4.78, 5) is 22.9. The number of anilines is 1. The van der Waals surface area contributed by atoms with Gasteiger partial charge in [-0.05, 0) is 42.5 Å². The molecule has 1 aliphatic rings. The van der Waals surface area contributed by atoms with Crippen molar-refractivity contribution in [1.29, 1.82) is 0 Å². The third-order valence-corrected chi connectivity index (χ3v) is 5.17. The molecule has 0 atom stereocenters. The molecular weight excluding hydrogens is 339 g/mol. The number of nitrogens with zero attached hydrogens (tertiary/aromatic N) is 3. The molecule has 25 heavy (non-hydrogen) atoms. The molecule has 1 saturated heterocycles. The van der Waals surface area contributed by atoms with Crippen LogP contribution in [0.3, 0.4) is 0 Å². The van der Waals surface area contributed by atoms with Gasteiger partial charge in [-0.3, -0.25) is 4.79 Å². The maximum atomic E-state index is 13.6. The first-order valence-corrected chi connectivity index (χ1v) is 9.13. The third kappa shape index (κ3) is 3.32. The molecule has 0 radical (unpaired) electrons. The minimum Gasteiger partial charge on any atom is -0.356 e. The first-order valence-electron chi connectivity index (χ1n) is 8.19. The molecule has 0 aliphatic carbocycles. The smallest absolute Gasteiger partial charge is 0.252 e. The lowest BCUT2D eigenvalue weighted by atomic mass is 10.0. The van der Waals surface area contributed by atoms with Crippen LogP contribution >= 0.6 is 11.3 Å². The van der Waals surface area contributed by atoms with E-state index in [0.717, 1.165) is 42.7 Å². The molecule has 1 aliphatic heterocycles. The molecule has 0 unspecified atom stereocenters. The quantitative estimate of drug-likeness (QED) is 0.783. The van der Waals surface area contributed by atoms with E-state index >= 15 is 0 Å². The van der Waals surface area contributed by atoms with Crippen molar-refractivity contribution in [2.24, 2.45) is 0 Å². The van der Waals surface area contributed by atoms with Crippen molar-refractivity contribution in [2.75, 3.05) is 18.0 Å². The molecule has 4 rings (SSSR count). The van der Waals surface area contributed by atoms with E-state index in [0.29, 0.717) is 5.56 Å². The van der Waals surface area contributed by atoms with Gasteiger partial charge in [0.05, 0.1) is 5.52 Å². The number of halogens is 1. The molecule has 3 aromatic rings. The number of aromatic nitrogens is 2. The number of thiophene rings is 1. The lowest BCUT2D eigenvalue weighted by Gasteiger charge is -2.33. The van der Waals surface area contributed by atoms with Crippen LogP contribution in [0.25, 0.3) is 10.9 Å². The number of fused-ring (bicyclic) bond motifs is 1. The Morgan fingerprint density at radius 3 is 2.84 bits per heavy atom. The van der Waals surface area contributed by atoms with Gasteiger partial charge in [-0.25, -0.2) is 14.4 Å². The van der Waals surface area contributed by atoms with Gasteiger partial charge in [0.1, 0.15) is 18.0 Å². The van der Waals surface area contributed by atoms with Crippen molar-refractivity contribution < 1.29 is 9.18 Å². The van der Waals surface area contributed by atoms with Crippen LogP contribution in [-0.2, 0) is 0 Å². The van der Waals surface area contributed by atoms with Crippen molar-refractivity contribution in [3.63, 3.8) is 0 Å². The molecule has 0 spiro atoms. The van der Waals surface area contributed by atoms with Gasteiger partial charge in [0.25, 0.3) is 5.91 Å². The highest BCUT2D eigenvalue weighted by molar-refractivity contribution is 7.08. The summed E-state index contributed by atoms with van der Waals surface area (Å²) in [6.07, 6.45) is 3.17. The van der Waals surface area contributed by atoms with Crippen LogP contribution in [0.1, 0.15) is 23.2 Å². The average Bonchev–Trinajstić information content (AvgIpc) is 3.17. The standard InChI is InChI=1S/C18H17FN4OS/c19-13-1-2-16-15(9-13)17(21-11-20-16)23-6-3-14(4-7-23)22-18(24)12-5-8-25-10-12/h1-2,5,8-11,14H,3-4,6-7H2,(H,22,24). The Kier molecular flexibility index (Phi) is 4.31. The second-order valence-electron chi connectivity index (χ2n) is 6.11. The number of amides is 1. The maximum Gasteiger partial charge on any atom is 0.252 e. The summed E-state index contributed by atoms with van der Waals surface area (Å²) in [7, 11) is 0. The van der Waals surface area contributed by atoms with Crippen molar-refractivity contribution in [1.82, 2.24) is 15.3 Å². The van der Waals surface area contributed by atoms with Crippen LogP contribution in [0.5, 0.6) is 0 Å².